The van der Waals surface area contributed by atoms with Crippen molar-refractivity contribution in [2.45, 2.75) is 57.5 Å². The van der Waals surface area contributed by atoms with Crippen LogP contribution in [-0.4, -0.2) is 53.5 Å². The van der Waals surface area contributed by atoms with Crippen molar-refractivity contribution >= 4 is 22.3 Å². The van der Waals surface area contributed by atoms with E-state index >= 15 is 0 Å². The van der Waals surface area contributed by atoms with E-state index in [-0.39, 0.29) is 34.7 Å². The number of ketones is 1. The molecule has 0 amide bonds. The first kappa shape index (κ1) is 30.0. The van der Waals surface area contributed by atoms with Crippen LogP contribution in [0.4, 0.5) is 23.2 Å². The van der Waals surface area contributed by atoms with Crippen LogP contribution in [0.2, 0.25) is 0 Å². The lowest BCUT2D eigenvalue weighted by molar-refractivity contribution is -0.206. The van der Waals surface area contributed by atoms with Crippen LogP contribution in [-0.2, 0) is 38.7 Å². The minimum Gasteiger partial charge on any atom is -0.476 e. The number of carbonyl (C=O) groups is 1. The minimum absolute atomic E-state index is 0.0171. The van der Waals surface area contributed by atoms with Crippen molar-refractivity contribution in [1.29, 1.82) is 0 Å². The molecule has 2 aromatic carbocycles. The van der Waals surface area contributed by atoms with E-state index < -0.39 is 58.9 Å². The number of anilines is 1. The number of hydrogen-bond donors (Lipinski definition) is 2. The van der Waals surface area contributed by atoms with Crippen molar-refractivity contribution in [1.82, 2.24) is 5.32 Å². The SMILES string of the molecule is COC[C@@H](Oc1cc(C[C@@H]2CS(=O)C[C@H](NCc3cccc(C(C)(C)C)c3)C2=O)cc(F)c1N)C(F)(F)F. The van der Waals surface area contributed by atoms with Crippen LogP contribution in [0.3, 0.4) is 0 Å². The normalized spacial score (nSPS) is 21.4. The van der Waals surface area contributed by atoms with Gasteiger partial charge in [0.05, 0.1) is 12.6 Å². The monoisotopic (exact) mass is 558 g/mol. The number of hydrogen-bond acceptors (Lipinski definition) is 6. The van der Waals surface area contributed by atoms with Gasteiger partial charge in [0.25, 0.3) is 0 Å². The Balaban J connectivity index is 1.75. The summed E-state index contributed by atoms with van der Waals surface area (Å²) in [6.07, 6.45) is -7.13. The number of methoxy groups -OCH3 is 1. The van der Waals surface area contributed by atoms with Crippen molar-refractivity contribution in [3.63, 3.8) is 0 Å². The molecule has 1 unspecified atom stereocenters. The summed E-state index contributed by atoms with van der Waals surface area (Å²) in [5.41, 5.74) is 7.38. The molecule has 11 heteroatoms. The highest BCUT2D eigenvalue weighted by atomic mass is 32.2. The summed E-state index contributed by atoms with van der Waals surface area (Å²) in [6.45, 7) is 5.91. The van der Waals surface area contributed by atoms with Gasteiger partial charge in [-0.25, -0.2) is 4.39 Å². The van der Waals surface area contributed by atoms with Crippen LogP contribution in [0, 0.1) is 11.7 Å². The van der Waals surface area contributed by atoms with E-state index in [0.717, 1.165) is 24.3 Å². The molecule has 1 aliphatic rings. The number of halogens is 4. The number of carbonyl (C=O) groups excluding carboxylic acids is 1. The highest BCUT2D eigenvalue weighted by molar-refractivity contribution is 7.85. The fraction of sp³-hybridized carbons (Fsp3) is 0.519. The van der Waals surface area contributed by atoms with Crippen molar-refractivity contribution in [3.8, 4) is 5.75 Å². The van der Waals surface area contributed by atoms with Gasteiger partial charge in [-0.2, -0.15) is 13.2 Å². The van der Waals surface area contributed by atoms with E-state index in [1.54, 1.807) is 0 Å². The van der Waals surface area contributed by atoms with E-state index in [2.05, 4.69) is 36.9 Å². The maximum absolute atomic E-state index is 14.5. The van der Waals surface area contributed by atoms with Gasteiger partial charge in [-0.1, -0.05) is 45.0 Å². The zero-order chi connectivity index (χ0) is 28.3. The number of Topliss-reactive ketones (excluding diaryl/α,β-unsaturated/α-hetero) is 1. The van der Waals surface area contributed by atoms with Gasteiger partial charge in [-0.15, -0.1) is 0 Å². The van der Waals surface area contributed by atoms with Crippen LogP contribution in [0.25, 0.3) is 0 Å². The Morgan fingerprint density at radius 1 is 1.13 bits per heavy atom. The minimum atomic E-state index is -4.77. The van der Waals surface area contributed by atoms with E-state index in [9.17, 15) is 26.6 Å². The maximum Gasteiger partial charge on any atom is 0.427 e. The smallest absolute Gasteiger partial charge is 0.427 e. The lowest BCUT2D eigenvalue weighted by Gasteiger charge is -2.29. The summed E-state index contributed by atoms with van der Waals surface area (Å²) in [4.78, 5) is 13.2. The van der Waals surface area contributed by atoms with Crippen LogP contribution < -0.4 is 15.8 Å². The Labute approximate surface area is 222 Å². The number of benzene rings is 2. The van der Waals surface area contributed by atoms with Gasteiger partial charge in [0, 0.05) is 41.9 Å². The summed E-state index contributed by atoms with van der Waals surface area (Å²) >= 11 is 0. The Hall–Kier alpha value is -2.50. The van der Waals surface area contributed by atoms with Crippen molar-refractivity contribution < 1.29 is 36.0 Å². The molecule has 210 valence electrons. The molecular weight excluding hydrogens is 524 g/mol. The molecule has 1 aliphatic heterocycles. The molecule has 0 spiro atoms. The molecule has 0 radical (unpaired) electrons. The highest BCUT2D eigenvalue weighted by Crippen LogP contribution is 2.33. The molecule has 0 aromatic heterocycles. The molecule has 6 nitrogen and oxygen atoms in total. The van der Waals surface area contributed by atoms with Crippen molar-refractivity contribution in [2.75, 3.05) is 31.0 Å². The number of alkyl halides is 3. The number of nitrogens with two attached hydrogens (primary N) is 1. The first-order valence-corrected chi connectivity index (χ1v) is 13.7. The Morgan fingerprint density at radius 3 is 2.47 bits per heavy atom. The highest BCUT2D eigenvalue weighted by Gasteiger charge is 2.42. The molecule has 0 saturated carbocycles. The number of rotatable bonds is 9. The first-order valence-electron chi connectivity index (χ1n) is 12.2. The molecule has 2 aromatic rings. The van der Waals surface area contributed by atoms with Crippen LogP contribution in [0.15, 0.2) is 36.4 Å². The lowest BCUT2D eigenvalue weighted by atomic mass is 9.86. The van der Waals surface area contributed by atoms with Crippen LogP contribution >= 0.6 is 0 Å². The second-order valence-corrected chi connectivity index (χ2v) is 12.1. The topological polar surface area (TPSA) is 90.6 Å². The molecule has 1 fully saturated rings. The average Bonchev–Trinajstić information content (AvgIpc) is 2.82. The Kier molecular flexibility index (Phi) is 9.59. The van der Waals surface area contributed by atoms with Gasteiger partial charge < -0.3 is 20.5 Å². The number of ether oxygens (including phenoxy) is 2. The van der Waals surface area contributed by atoms with Crippen molar-refractivity contribution in [3.05, 3.63) is 58.9 Å². The number of nitrogen functional groups attached to an aromatic ring is 1. The molecule has 4 atom stereocenters. The Bertz CT molecular complexity index is 1170. The van der Waals surface area contributed by atoms with Gasteiger partial charge >= 0.3 is 6.18 Å². The second-order valence-electron chi connectivity index (χ2n) is 10.6. The summed E-state index contributed by atoms with van der Waals surface area (Å²) in [5.74, 6) is -2.11. The van der Waals surface area contributed by atoms with Gasteiger partial charge in [0.1, 0.15) is 17.3 Å². The van der Waals surface area contributed by atoms with Crippen LogP contribution in [0.1, 0.15) is 37.5 Å². The molecule has 1 heterocycles. The zero-order valence-electron chi connectivity index (χ0n) is 21.9. The molecule has 3 N–H and O–H groups in total. The molecule has 0 aliphatic carbocycles. The van der Waals surface area contributed by atoms with E-state index in [1.165, 1.54) is 6.07 Å². The summed E-state index contributed by atoms with van der Waals surface area (Å²) < 4.78 is 76.5. The third-order valence-electron chi connectivity index (χ3n) is 6.42. The quantitative estimate of drug-likeness (QED) is 0.352. The van der Waals surface area contributed by atoms with E-state index in [1.807, 2.05) is 18.2 Å². The van der Waals surface area contributed by atoms with E-state index in [4.69, 9.17) is 10.5 Å². The zero-order valence-corrected chi connectivity index (χ0v) is 22.7. The third-order valence-corrected chi connectivity index (χ3v) is 7.90. The molecule has 38 heavy (non-hydrogen) atoms. The van der Waals surface area contributed by atoms with Crippen molar-refractivity contribution in [2.24, 2.45) is 5.92 Å². The molecular formula is C27H34F4N2O4S. The third kappa shape index (κ3) is 7.77. The largest absolute Gasteiger partial charge is 0.476 e. The average molecular weight is 559 g/mol. The summed E-state index contributed by atoms with van der Waals surface area (Å²) in [7, 11) is -0.222. The van der Waals surface area contributed by atoms with Gasteiger partial charge in [-0.3, -0.25) is 9.00 Å². The summed E-state index contributed by atoms with van der Waals surface area (Å²) in [6, 6.07) is 9.58. The maximum atomic E-state index is 14.5. The standard InChI is InChI=1S/C27H34F4N2O4S/c1-26(2,3)19-7-5-6-16(9-19)12-33-21-15-38(35)14-18(25(21)34)8-17-10-20(28)24(32)22(11-17)37-23(13-36-4)27(29,30)31/h5-7,9-11,18,21,23,33H,8,12-15,32H2,1-4H3/t18-,21+,23-,38?/m1/s1. The first-order chi connectivity index (χ1) is 17.7. The lowest BCUT2D eigenvalue weighted by Crippen LogP contribution is -2.50. The van der Waals surface area contributed by atoms with E-state index in [0.29, 0.717) is 6.54 Å². The van der Waals surface area contributed by atoms with Gasteiger partial charge in [-0.05, 0) is 40.7 Å². The fourth-order valence-corrected chi connectivity index (χ4v) is 5.80. The predicted molar refractivity (Wildman–Crippen MR) is 139 cm³/mol. The summed E-state index contributed by atoms with van der Waals surface area (Å²) in [5, 5.41) is 3.20. The fourth-order valence-electron chi connectivity index (χ4n) is 4.28. The van der Waals surface area contributed by atoms with Crippen LogP contribution in [0.5, 0.6) is 5.75 Å². The predicted octanol–water partition coefficient (Wildman–Crippen LogP) is 4.31. The Morgan fingerprint density at radius 2 is 1.84 bits per heavy atom. The number of nitrogens with one attached hydrogen (secondary N) is 1. The molecule has 0 bridgehead atoms. The van der Waals surface area contributed by atoms with Gasteiger partial charge in [0.15, 0.2) is 5.78 Å². The second kappa shape index (κ2) is 12.1. The van der Waals surface area contributed by atoms with Gasteiger partial charge in [0.2, 0.25) is 6.10 Å². The molecule has 1 saturated heterocycles. The molecule has 3 rings (SSSR count).